The minimum Gasteiger partial charge on any atom is -0.426 e. The number of hydrogen-bond donors (Lipinski definition) is 0. The second-order valence-corrected chi connectivity index (χ2v) is 7.36. The van der Waals surface area contributed by atoms with Crippen LogP contribution in [0, 0.1) is 25.2 Å². The van der Waals surface area contributed by atoms with Gasteiger partial charge in [0.15, 0.2) is 0 Å². The van der Waals surface area contributed by atoms with Crippen LogP contribution in [0.25, 0.3) is 11.0 Å². The van der Waals surface area contributed by atoms with Crippen molar-refractivity contribution in [1.29, 1.82) is 5.26 Å². The molecule has 0 N–H and O–H groups in total. The van der Waals surface area contributed by atoms with E-state index in [1.165, 1.54) is 6.92 Å². The summed E-state index contributed by atoms with van der Waals surface area (Å²) in [5.41, 5.74) is 1.57. The van der Waals surface area contributed by atoms with E-state index in [1.54, 1.807) is 13.8 Å². The molecular formula is C17H15Br2NO4. The first kappa shape index (κ1) is 18.7. The Bertz CT molecular complexity index is 912. The highest BCUT2D eigenvalue weighted by Gasteiger charge is 2.21. The van der Waals surface area contributed by atoms with E-state index in [1.807, 2.05) is 12.1 Å². The summed E-state index contributed by atoms with van der Waals surface area (Å²) in [6.45, 7) is 4.77. The van der Waals surface area contributed by atoms with Gasteiger partial charge in [-0.15, -0.1) is 0 Å². The number of halogens is 2. The van der Waals surface area contributed by atoms with Gasteiger partial charge in [-0.05, 0) is 37.5 Å². The molecule has 1 heterocycles. The molecule has 7 heteroatoms. The first-order chi connectivity index (χ1) is 11.3. The van der Waals surface area contributed by atoms with Crippen LogP contribution in [0.3, 0.4) is 0 Å². The van der Waals surface area contributed by atoms with Crippen molar-refractivity contribution in [1.82, 2.24) is 0 Å². The summed E-state index contributed by atoms with van der Waals surface area (Å²) >= 11 is 6.95. The minimum atomic E-state index is -0.689. The number of hydrogen-bond acceptors (Lipinski definition) is 5. The second kappa shape index (κ2) is 7.49. The fourth-order valence-corrected chi connectivity index (χ4v) is 3.13. The Morgan fingerprint density at radius 1 is 1.42 bits per heavy atom. The van der Waals surface area contributed by atoms with Crippen molar-refractivity contribution in [2.45, 2.75) is 32.0 Å². The third-order valence-corrected chi connectivity index (χ3v) is 5.98. The lowest BCUT2D eigenvalue weighted by atomic mass is 9.98. The molecule has 5 nitrogen and oxygen atoms in total. The summed E-state index contributed by atoms with van der Waals surface area (Å²) in [5.74, 6) is -0.0518. The maximum Gasteiger partial charge on any atom is 0.354 e. The summed E-state index contributed by atoms with van der Waals surface area (Å²) in [4.78, 5) is 23.6. The average molecular weight is 457 g/mol. The van der Waals surface area contributed by atoms with Crippen LogP contribution in [0.4, 0.5) is 0 Å². The molecule has 1 aromatic carbocycles. The molecule has 1 unspecified atom stereocenters. The topological polar surface area (TPSA) is 80.3 Å². The zero-order chi connectivity index (χ0) is 18.0. The Labute approximate surface area is 155 Å². The number of carbonyl (C=O) groups excluding carboxylic acids is 1. The van der Waals surface area contributed by atoms with E-state index >= 15 is 0 Å². The second-order valence-electron chi connectivity index (χ2n) is 5.42. The summed E-state index contributed by atoms with van der Waals surface area (Å²) in [7, 11) is 0. The van der Waals surface area contributed by atoms with Crippen LogP contribution in [0.1, 0.15) is 29.2 Å². The number of esters is 1. The summed E-state index contributed by atoms with van der Waals surface area (Å²) < 4.78 is 10.7. The molecule has 0 bridgehead atoms. The van der Waals surface area contributed by atoms with Gasteiger partial charge < -0.3 is 9.15 Å². The van der Waals surface area contributed by atoms with Crippen molar-refractivity contribution in [3.05, 3.63) is 38.7 Å². The van der Waals surface area contributed by atoms with E-state index in [4.69, 9.17) is 14.4 Å². The Morgan fingerprint density at radius 2 is 2.08 bits per heavy atom. The van der Waals surface area contributed by atoms with Crippen molar-refractivity contribution in [2.24, 2.45) is 0 Å². The normalized spacial score (nSPS) is 12.0. The van der Waals surface area contributed by atoms with Gasteiger partial charge in [0.05, 0.1) is 0 Å². The van der Waals surface area contributed by atoms with Gasteiger partial charge in [0.2, 0.25) is 0 Å². The zero-order valence-corrected chi connectivity index (χ0v) is 16.6. The largest absolute Gasteiger partial charge is 0.426 e. The highest BCUT2D eigenvalue weighted by molar-refractivity contribution is 9.12. The third kappa shape index (κ3) is 3.55. The van der Waals surface area contributed by atoms with Gasteiger partial charge in [0, 0.05) is 28.0 Å². The number of aryl methyl sites for hydroxylation is 2. The van der Waals surface area contributed by atoms with Crippen LogP contribution in [0.5, 0.6) is 5.75 Å². The van der Waals surface area contributed by atoms with Crippen LogP contribution in [0.15, 0.2) is 15.3 Å². The maximum atomic E-state index is 12.0. The molecule has 0 fully saturated rings. The molecule has 24 heavy (non-hydrogen) atoms. The number of benzene rings is 1. The van der Waals surface area contributed by atoms with Crippen LogP contribution in [0.2, 0.25) is 0 Å². The number of nitriles is 1. The van der Waals surface area contributed by atoms with Gasteiger partial charge in [-0.1, -0.05) is 31.9 Å². The first-order valence-electron chi connectivity index (χ1n) is 7.18. The van der Waals surface area contributed by atoms with Gasteiger partial charge in [-0.2, -0.15) is 5.26 Å². The molecular weight excluding hydrogens is 442 g/mol. The number of fused-ring (bicyclic) bond motifs is 1. The first-order valence-corrected chi connectivity index (χ1v) is 9.22. The lowest BCUT2D eigenvalue weighted by molar-refractivity contribution is -0.131. The molecule has 0 spiro atoms. The molecule has 0 aliphatic heterocycles. The van der Waals surface area contributed by atoms with E-state index in [0.29, 0.717) is 34.3 Å². The summed E-state index contributed by atoms with van der Waals surface area (Å²) in [5, 5.41) is 10.5. The monoisotopic (exact) mass is 455 g/mol. The number of nitrogens with zero attached hydrogens (tertiary/aromatic N) is 1. The van der Waals surface area contributed by atoms with E-state index in [9.17, 15) is 9.59 Å². The van der Waals surface area contributed by atoms with Crippen LogP contribution in [-0.4, -0.2) is 16.1 Å². The van der Waals surface area contributed by atoms with Gasteiger partial charge in [-0.3, -0.25) is 4.79 Å². The zero-order valence-electron chi connectivity index (χ0n) is 13.4. The predicted octanol–water partition coefficient (Wildman–Crippen LogP) is 3.91. The average Bonchev–Trinajstić information content (AvgIpc) is 2.52. The lowest BCUT2D eigenvalue weighted by Gasteiger charge is -2.16. The van der Waals surface area contributed by atoms with Gasteiger partial charge in [-0.25, -0.2) is 4.79 Å². The summed E-state index contributed by atoms with van der Waals surface area (Å²) in [6.07, 6.45) is 0.602. The van der Waals surface area contributed by atoms with Crippen molar-refractivity contribution in [3.8, 4) is 11.8 Å². The van der Waals surface area contributed by atoms with Gasteiger partial charge >= 0.3 is 11.6 Å². The molecule has 0 saturated carbocycles. The molecule has 0 aliphatic rings. The lowest BCUT2D eigenvalue weighted by Crippen LogP contribution is -2.12. The smallest absolute Gasteiger partial charge is 0.354 e. The fourth-order valence-electron chi connectivity index (χ4n) is 2.55. The van der Waals surface area contributed by atoms with Gasteiger partial charge in [0.25, 0.3) is 0 Å². The fraction of sp³-hybridized carbons (Fsp3) is 0.353. The Morgan fingerprint density at radius 3 is 2.62 bits per heavy atom. The molecule has 1 aromatic heterocycles. The highest BCUT2D eigenvalue weighted by Crippen LogP contribution is 2.35. The van der Waals surface area contributed by atoms with Crippen molar-refractivity contribution >= 4 is 48.8 Å². The van der Waals surface area contributed by atoms with E-state index in [-0.39, 0.29) is 10.4 Å². The van der Waals surface area contributed by atoms with E-state index in [2.05, 4.69) is 31.9 Å². The van der Waals surface area contributed by atoms with Crippen molar-refractivity contribution in [3.63, 3.8) is 0 Å². The molecule has 0 radical (unpaired) electrons. The summed E-state index contributed by atoms with van der Waals surface area (Å²) in [6, 6.07) is 3.70. The number of carbonyl (C=O) groups is 1. The molecule has 2 aromatic rings. The molecule has 1 atom stereocenters. The standard InChI is InChI=1S/C17H15Br2NO4/c1-8-13-5-11(4-12(19)6-18)15(23-10(3)21)9(2)16(13)24-17(22)14(8)7-20/h5,12H,4,6H2,1-3H3. The molecule has 0 saturated heterocycles. The number of rotatable bonds is 4. The molecule has 0 aliphatic carbocycles. The highest BCUT2D eigenvalue weighted by atomic mass is 79.9. The molecule has 0 amide bonds. The SMILES string of the molecule is CC(=O)Oc1c(CC(Br)CBr)cc2c(C)c(C#N)c(=O)oc2c1C. The Hall–Kier alpha value is -1.65. The number of ether oxygens (including phenoxy) is 1. The third-order valence-electron chi connectivity index (χ3n) is 3.68. The van der Waals surface area contributed by atoms with Crippen LogP contribution >= 0.6 is 31.9 Å². The molecule has 2 rings (SSSR count). The molecule has 126 valence electrons. The number of alkyl halides is 2. The predicted molar refractivity (Wildman–Crippen MR) is 98.2 cm³/mol. The van der Waals surface area contributed by atoms with Crippen LogP contribution in [-0.2, 0) is 11.2 Å². The van der Waals surface area contributed by atoms with E-state index < -0.39 is 11.6 Å². The van der Waals surface area contributed by atoms with Crippen molar-refractivity contribution < 1.29 is 13.9 Å². The maximum absolute atomic E-state index is 12.0. The van der Waals surface area contributed by atoms with Crippen molar-refractivity contribution in [2.75, 3.05) is 5.33 Å². The minimum absolute atomic E-state index is 0.0102. The van der Waals surface area contributed by atoms with E-state index in [0.717, 1.165) is 10.9 Å². The van der Waals surface area contributed by atoms with Crippen LogP contribution < -0.4 is 10.4 Å². The Kier molecular flexibility index (Phi) is 5.83. The Balaban J connectivity index is 2.85. The quantitative estimate of drug-likeness (QED) is 0.301. The van der Waals surface area contributed by atoms with Gasteiger partial charge in [0.1, 0.15) is 23.0 Å².